The molecule has 0 fully saturated rings. The lowest BCUT2D eigenvalue weighted by Crippen LogP contribution is -2.26. The van der Waals surface area contributed by atoms with Gasteiger partial charge in [-0.25, -0.2) is 4.79 Å². The van der Waals surface area contributed by atoms with Crippen molar-refractivity contribution in [3.8, 4) is 12.5 Å². The van der Waals surface area contributed by atoms with Gasteiger partial charge in [0.2, 0.25) is 0 Å². The van der Waals surface area contributed by atoms with Crippen molar-refractivity contribution < 1.29 is 9.53 Å². The molecule has 0 spiro atoms. The van der Waals surface area contributed by atoms with Crippen LogP contribution in [0.15, 0.2) is 0 Å². The summed E-state index contributed by atoms with van der Waals surface area (Å²) in [6, 6.07) is 0. The van der Waals surface area contributed by atoms with Crippen LogP contribution < -0.4 is 0 Å². The molecule has 0 aromatic rings. The second-order valence-electron chi connectivity index (χ2n) is 1.91. The van der Waals surface area contributed by atoms with Gasteiger partial charge in [-0.1, -0.05) is 13.3 Å². The van der Waals surface area contributed by atoms with Crippen molar-refractivity contribution in [2.75, 3.05) is 13.6 Å². The van der Waals surface area contributed by atoms with Gasteiger partial charge in [-0.3, -0.25) is 0 Å². The molecule has 0 aliphatic rings. The standard InChI is InChI=1S/C7H11NO2/c1-4-6-8(3)7(9)10-5-2/h2H,4,6H2,1,3H3. The summed E-state index contributed by atoms with van der Waals surface area (Å²) < 4.78 is 4.27. The quantitative estimate of drug-likeness (QED) is 0.538. The Bertz CT molecular complexity index is 148. The lowest BCUT2D eigenvalue weighted by Gasteiger charge is -2.11. The van der Waals surface area contributed by atoms with Crippen LogP contribution in [0.4, 0.5) is 4.79 Å². The predicted molar refractivity (Wildman–Crippen MR) is 38.2 cm³/mol. The maximum absolute atomic E-state index is 10.7. The van der Waals surface area contributed by atoms with E-state index in [2.05, 4.69) is 4.74 Å². The van der Waals surface area contributed by atoms with Gasteiger partial charge >= 0.3 is 6.09 Å². The first-order valence-corrected chi connectivity index (χ1v) is 3.10. The van der Waals surface area contributed by atoms with Crippen molar-refractivity contribution >= 4 is 6.09 Å². The zero-order chi connectivity index (χ0) is 7.98. The Morgan fingerprint density at radius 3 is 2.80 bits per heavy atom. The van der Waals surface area contributed by atoms with E-state index >= 15 is 0 Å². The van der Waals surface area contributed by atoms with Gasteiger partial charge in [0.05, 0.1) is 0 Å². The van der Waals surface area contributed by atoms with Crippen molar-refractivity contribution in [3.63, 3.8) is 0 Å². The summed E-state index contributed by atoms with van der Waals surface area (Å²) in [6.07, 6.45) is 6.99. The molecule has 0 atom stereocenters. The minimum atomic E-state index is -0.468. The van der Waals surface area contributed by atoms with Gasteiger partial charge in [0.1, 0.15) is 6.11 Å². The highest BCUT2D eigenvalue weighted by atomic mass is 16.5. The zero-order valence-corrected chi connectivity index (χ0v) is 6.26. The van der Waals surface area contributed by atoms with Gasteiger partial charge in [0.15, 0.2) is 0 Å². The highest BCUT2D eigenvalue weighted by Gasteiger charge is 2.05. The molecule has 56 valence electrons. The molecule has 0 aromatic heterocycles. The second-order valence-corrected chi connectivity index (χ2v) is 1.91. The van der Waals surface area contributed by atoms with Crippen LogP contribution in [0.1, 0.15) is 13.3 Å². The van der Waals surface area contributed by atoms with Crippen molar-refractivity contribution in [1.29, 1.82) is 0 Å². The molecule has 0 unspecified atom stereocenters. The van der Waals surface area contributed by atoms with Crippen LogP contribution in [-0.2, 0) is 4.74 Å². The smallest absolute Gasteiger partial charge is 0.356 e. The molecule has 0 bridgehead atoms. The third-order valence-electron chi connectivity index (χ3n) is 1.02. The molecule has 0 aromatic carbocycles. The number of nitrogens with zero attached hydrogens (tertiary/aromatic N) is 1. The van der Waals surface area contributed by atoms with Crippen LogP contribution in [0.25, 0.3) is 0 Å². The van der Waals surface area contributed by atoms with E-state index in [0.29, 0.717) is 6.54 Å². The third-order valence-corrected chi connectivity index (χ3v) is 1.02. The Kier molecular flexibility index (Phi) is 4.14. The summed E-state index contributed by atoms with van der Waals surface area (Å²) in [5.41, 5.74) is 0. The van der Waals surface area contributed by atoms with E-state index in [1.165, 1.54) is 4.90 Å². The zero-order valence-electron chi connectivity index (χ0n) is 6.26. The van der Waals surface area contributed by atoms with Gasteiger partial charge in [-0.2, -0.15) is 0 Å². The van der Waals surface area contributed by atoms with Gasteiger partial charge < -0.3 is 9.64 Å². The van der Waals surface area contributed by atoms with Gasteiger partial charge in [0, 0.05) is 13.6 Å². The van der Waals surface area contributed by atoms with Crippen molar-refractivity contribution in [2.24, 2.45) is 0 Å². The molecule has 1 amide bonds. The Morgan fingerprint density at radius 1 is 1.80 bits per heavy atom. The van der Waals surface area contributed by atoms with Gasteiger partial charge in [0.25, 0.3) is 0 Å². The number of carbonyl (C=O) groups excluding carboxylic acids is 1. The van der Waals surface area contributed by atoms with E-state index in [4.69, 9.17) is 6.42 Å². The van der Waals surface area contributed by atoms with Crippen LogP contribution in [0, 0.1) is 12.5 Å². The summed E-state index contributed by atoms with van der Waals surface area (Å²) in [5.74, 6) is 0. The number of rotatable bonds is 2. The fraction of sp³-hybridized carbons (Fsp3) is 0.571. The molecule has 0 aliphatic carbocycles. The molecule has 0 radical (unpaired) electrons. The molecule has 0 saturated carbocycles. The van der Waals surface area contributed by atoms with E-state index in [-0.39, 0.29) is 0 Å². The average Bonchev–Trinajstić information content (AvgIpc) is 1.89. The Hall–Kier alpha value is -1.17. The van der Waals surface area contributed by atoms with E-state index in [9.17, 15) is 4.79 Å². The molecular weight excluding hydrogens is 130 g/mol. The Balaban J connectivity index is 3.62. The predicted octanol–water partition coefficient (Wildman–Crippen LogP) is 1.06. The maximum Gasteiger partial charge on any atom is 0.423 e. The topological polar surface area (TPSA) is 29.5 Å². The number of terminal acetylenes is 1. The van der Waals surface area contributed by atoms with E-state index in [1.807, 2.05) is 13.0 Å². The summed E-state index contributed by atoms with van der Waals surface area (Å²) in [6.45, 7) is 2.64. The molecule has 3 heteroatoms. The van der Waals surface area contributed by atoms with E-state index in [1.54, 1.807) is 7.05 Å². The summed E-state index contributed by atoms with van der Waals surface area (Å²) >= 11 is 0. The molecular formula is C7H11NO2. The number of hydrogen-bond acceptors (Lipinski definition) is 2. The highest BCUT2D eigenvalue weighted by molar-refractivity contribution is 5.68. The molecule has 0 saturated heterocycles. The minimum Gasteiger partial charge on any atom is -0.356 e. The first-order valence-electron chi connectivity index (χ1n) is 3.10. The lowest BCUT2D eigenvalue weighted by atomic mass is 10.5. The fourth-order valence-electron chi connectivity index (χ4n) is 0.555. The van der Waals surface area contributed by atoms with Crippen molar-refractivity contribution in [2.45, 2.75) is 13.3 Å². The number of hydrogen-bond donors (Lipinski definition) is 0. The molecule has 0 N–H and O–H groups in total. The van der Waals surface area contributed by atoms with Gasteiger partial charge in [-0.15, -0.1) is 0 Å². The third kappa shape index (κ3) is 2.98. The first-order chi connectivity index (χ1) is 4.72. The largest absolute Gasteiger partial charge is 0.423 e. The number of amides is 1. The van der Waals surface area contributed by atoms with Crippen LogP contribution in [0.3, 0.4) is 0 Å². The summed E-state index contributed by atoms with van der Waals surface area (Å²) in [7, 11) is 1.64. The molecule has 0 heterocycles. The van der Waals surface area contributed by atoms with Crippen molar-refractivity contribution in [1.82, 2.24) is 4.90 Å². The first kappa shape index (κ1) is 8.83. The second kappa shape index (κ2) is 4.68. The molecule has 0 aliphatic heterocycles. The summed E-state index contributed by atoms with van der Waals surface area (Å²) in [4.78, 5) is 12.1. The maximum atomic E-state index is 10.7. The number of carbonyl (C=O) groups is 1. The highest BCUT2D eigenvalue weighted by Crippen LogP contribution is 1.89. The van der Waals surface area contributed by atoms with Crippen LogP contribution in [0.5, 0.6) is 0 Å². The molecule has 10 heavy (non-hydrogen) atoms. The van der Waals surface area contributed by atoms with Crippen LogP contribution in [0.2, 0.25) is 0 Å². The SMILES string of the molecule is C#COC(=O)N(C)CCC. The molecule has 0 rings (SSSR count). The normalized spacial score (nSPS) is 8.10. The van der Waals surface area contributed by atoms with Crippen LogP contribution >= 0.6 is 0 Å². The van der Waals surface area contributed by atoms with Crippen molar-refractivity contribution in [3.05, 3.63) is 0 Å². The molecule has 3 nitrogen and oxygen atoms in total. The van der Waals surface area contributed by atoms with Gasteiger partial charge in [-0.05, 0) is 6.42 Å². The minimum absolute atomic E-state index is 0.468. The average molecular weight is 141 g/mol. The number of ether oxygens (including phenoxy) is 1. The van der Waals surface area contributed by atoms with Crippen LogP contribution in [-0.4, -0.2) is 24.6 Å². The fourth-order valence-corrected chi connectivity index (χ4v) is 0.555. The van der Waals surface area contributed by atoms with E-state index < -0.39 is 6.09 Å². The lowest BCUT2D eigenvalue weighted by molar-refractivity contribution is 0.154. The monoisotopic (exact) mass is 141 g/mol. The van der Waals surface area contributed by atoms with E-state index in [0.717, 1.165) is 6.42 Å². The Morgan fingerprint density at radius 2 is 2.40 bits per heavy atom. The summed E-state index contributed by atoms with van der Waals surface area (Å²) in [5, 5.41) is 0. The Labute approximate surface area is 61.0 Å².